The molecule has 0 unspecified atom stereocenters. The Morgan fingerprint density at radius 2 is 1.05 bits per heavy atom. The lowest BCUT2D eigenvalue weighted by atomic mass is 10.0. The summed E-state index contributed by atoms with van der Waals surface area (Å²) in [6, 6.07) is -16.0. The first kappa shape index (κ1) is 67.7. The van der Waals surface area contributed by atoms with Crippen LogP contribution < -0.4 is 59.7 Å². The van der Waals surface area contributed by atoms with Gasteiger partial charge < -0.3 is 100 Å². The molecule has 77 heavy (non-hydrogen) atoms. The standard InChI is InChI=1S/C45H77N13O19/c1-19(2)17-27(54-36(68)24(11-13-30(63)64)51-40(72)32(46)21(4)60)37(69)50-20(3)35(67)52-25(12-14-31(65)66)43(75)58-16-8-10-29(58)39(71)57-34(23(6)62)42(74)55-28(18-59)38(70)56-33(22(5)61)41(73)53-26(44(76)77)9-7-15-49-45(47)48/h19-29,32-34,59-62H,7-18,46H2,1-6H3,(H,50,69)(H,51,72)(H,52,67)(H,53,73)(H,54,68)(H,55,74)(H,56,70)(H,57,71)(H,63,64)(H,65,66)(H,76,77)(H4,47,48,49)/t20-,21+,22+,23+,24-,25-,26-,27-,28-,29-,32-,33-,34-/m0/s1/i7+1,9+1,15+1,26+1,44+1,45+1,47+1,48+1,49+1,53+1. The van der Waals surface area contributed by atoms with Crippen LogP contribution in [0.3, 0.4) is 0 Å². The molecule has 13 atom stereocenters. The minimum Gasteiger partial charge on any atom is -0.481 e. The van der Waals surface area contributed by atoms with E-state index in [1.54, 1.807) is 13.8 Å². The first-order valence-electron chi connectivity index (χ1n) is 24.7. The number of aliphatic hydroxyl groups is 4. The van der Waals surface area contributed by atoms with E-state index in [4.69, 9.17) is 17.2 Å². The van der Waals surface area contributed by atoms with E-state index >= 15 is 0 Å². The molecule has 0 saturated carbocycles. The van der Waals surface area contributed by atoms with Crippen molar-refractivity contribution in [1.29, 1.82) is 0 Å². The summed E-state index contributed by atoms with van der Waals surface area (Å²) in [6.07, 6.45) is -6.92. The summed E-state index contributed by atoms with van der Waals surface area (Å²) in [4.78, 5) is 161. The van der Waals surface area contributed by atoms with Crippen molar-refractivity contribution in [1.82, 2.24) is 47.4 Å². The Hall–Kier alpha value is -7.29. The van der Waals surface area contributed by atoms with E-state index in [9.17, 15) is 93.3 Å². The number of aliphatic imine (C=N–C) groups is 1. The molecule has 436 valence electrons. The highest BCUT2D eigenvalue weighted by atomic mass is 16.5. The smallest absolute Gasteiger partial charge is 0.326 e. The molecule has 1 aliphatic rings. The first-order valence-corrected chi connectivity index (χ1v) is 24.7. The minimum absolute atomic E-state index is 0.0210. The van der Waals surface area contributed by atoms with E-state index < -0.39 is 182 Å². The van der Waals surface area contributed by atoms with Gasteiger partial charge in [-0.05, 0) is 78.6 Å². The summed E-state index contributed by atoms with van der Waals surface area (Å²) < 4.78 is 0. The van der Waals surface area contributed by atoms with E-state index in [2.05, 4.69) is 47.5 Å². The van der Waals surface area contributed by atoms with Crippen LogP contribution >= 0.6 is 0 Å². The molecule has 32 heteroatoms. The van der Waals surface area contributed by atoms with Gasteiger partial charge in [0.2, 0.25) is 53.2 Å². The quantitative estimate of drug-likeness (QED) is 0.00935. The van der Waals surface area contributed by atoms with Crippen molar-refractivity contribution in [2.45, 2.75) is 178 Å². The normalized spacial score (nSPS) is 17.8. The molecule has 0 aromatic carbocycles. The SMILES string of the molecule is CC(C)C[C@H](NC(=O)[C@H](CCC(=O)O)NC(=O)[C@@H](N)[C@@H](C)O)C(=O)N[C@@H](C)C(=O)N[C@@H](CCC(=O)O)C(=O)N1CCC[C@H]1C(=O)N[C@H](C(=O)N[C@@H](CO)C(=O)N[C@H](C(=O)[15NH][13C@@H]([13CH2][13CH2][13CH2][15N]=[13C]([15NH2])[15NH2])[13C](=O)O)[C@@H](C)O)[C@@H](C)O. The lowest BCUT2D eigenvalue weighted by Crippen LogP contribution is -2.63. The Kier molecular flexibility index (Phi) is 29.0. The number of nitrogens with zero attached hydrogens (tertiary/aromatic N) is 2. The number of aliphatic carboxylic acids is 3. The zero-order chi connectivity index (χ0) is 59.0. The molecule has 32 nitrogen and oxygen atoms in total. The second-order valence-electron chi connectivity index (χ2n) is 18.9. The summed E-state index contributed by atoms with van der Waals surface area (Å²) in [7, 11) is 0. The van der Waals surface area contributed by atoms with E-state index in [-0.39, 0.29) is 57.1 Å². The summed E-state index contributed by atoms with van der Waals surface area (Å²) >= 11 is 0. The zero-order valence-electron chi connectivity index (χ0n) is 43.7. The maximum absolute atomic E-state index is 14.1. The molecule has 0 radical (unpaired) electrons. The molecule has 1 rings (SSSR count). The third-order valence-corrected chi connectivity index (χ3v) is 11.8. The van der Waals surface area contributed by atoms with Crippen LogP contribution in [0.1, 0.15) is 99.3 Å². The van der Waals surface area contributed by atoms with Crippen LogP contribution in [-0.2, 0) is 57.5 Å². The fourth-order valence-electron chi connectivity index (χ4n) is 7.50. The van der Waals surface area contributed by atoms with Crippen molar-refractivity contribution in [2.75, 3.05) is 19.7 Å². The van der Waals surface area contributed by atoms with E-state index in [1.165, 1.54) is 13.8 Å². The highest BCUT2D eigenvalue weighted by Crippen LogP contribution is 2.21. The van der Waals surface area contributed by atoms with Crippen LogP contribution in [0.4, 0.5) is 0 Å². The minimum atomic E-state index is -1.90. The number of guanidine groups is 1. The van der Waals surface area contributed by atoms with Gasteiger partial charge in [-0.25, -0.2) is 4.79 Å². The number of carbonyl (C=O) groups is 12. The number of carbonyl (C=O) groups excluding carboxylic acids is 9. The van der Waals surface area contributed by atoms with Crippen molar-refractivity contribution in [2.24, 2.45) is 28.1 Å². The molecule has 0 spiro atoms. The maximum atomic E-state index is 14.1. The third-order valence-electron chi connectivity index (χ3n) is 11.8. The number of nitrogens with two attached hydrogens (primary N) is 3. The number of likely N-dealkylation sites (tertiary alicyclic amines) is 1. The van der Waals surface area contributed by atoms with Gasteiger partial charge in [-0.15, -0.1) is 0 Å². The fourth-order valence-corrected chi connectivity index (χ4v) is 7.50. The third kappa shape index (κ3) is 23.6. The largest absolute Gasteiger partial charge is 0.481 e. The number of carboxylic acid groups (broad SMARTS) is 3. The second kappa shape index (κ2) is 33.0. The topological polar surface area (TPSA) is 536 Å². The van der Waals surface area contributed by atoms with Gasteiger partial charge in [-0.2, -0.15) is 0 Å². The zero-order valence-corrected chi connectivity index (χ0v) is 43.7. The van der Waals surface area contributed by atoms with Gasteiger partial charge in [0, 0.05) is 25.9 Å². The van der Waals surface area contributed by atoms with E-state index in [0.29, 0.717) is 0 Å². The highest BCUT2D eigenvalue weighted by molar-refractivity contribution is 5.99. The van der Waals surface area contributed by atoms with Gasteiger partial charge in [0.25, 0.3) is 0 Å². The average Bonchev–Trinajstić information content (AvgIpc) is 3.83. The van der Waals surface area contributed by atoms with Crippen LogP contribution in [0, 0.1) is 5.92 Å². The van der Waals surface area contributed by atoms with Gasteiger partial charge >= 0.3 is 17.9 Å². The Morgan fingerprint density at radius 1 is 0.571 bits per heavy atom. The highest BCUT2D eigenvalue weighted by Gasteiger charge is 2.41. The van der Waals surface area contributed by atoms with E-state index in [0.717, 1.165) is 18.7 Å². The van der Waals surface area contributed by atoms with Gasteiger partial charge in [0.15, 0.2) is 5.96 Å². The number of rotatable bonds is 34. The molecule has 0 aromatic rings. The number of hydrogen-bond acceptors (Lipinski definition) is 18. The number of amides is 9. The van der Waals surface area contributed by atoms with Crippen molar-refractivity contribution in [3.8, 4) is 0 Å². The first-order chi connectivity index (χ1) is 35.8. The predicted octanol–water partition coefficient (Wildman–Crippen LogP) is -7.75. The number of nitrogens with one attached hydrogen (secondary N) is 8. The molecular weight excluding hydrogens is 1040 g/mol. The van der Waals surface area contributed by atoms with Gasteiger partial charge in [0.1, 0.15) is 60.4 Å². The lowest BCUT2D eigenvalue weighted by molar-refractivity contribution is -0.144. The lowest BCUT2D eigenvalue weighted by Gasteiger charge is -2.31. The Labute approximate surface area is 442 Å². The monoisotopic (exact) mass is 1110 g/mol. The molecule has 1 saturated heterocycles. The van der Waals surface area contributed by atoms with Crippen molar-refractivity contribution < 1.29 is 93.3 Å². The summed E-state index contributed by atoms with van der Waals surface area (Å²) in [5.74, 6) is -14.3. The fraction of sp³-hybridized carbons (Fsp3) is 0.711. The summed E-state index contributed by atoms with van der Waals surface area (Å²) in [6.45, 7) is 6.72. The number of hydrogen-bond donors (Lipinski definition) is 18. The number of carboxylic acids is 3. The molecule has 1 aliphatic heterocycles. The summed E-state index contributed by atoms with van der Waals surface area (Å²) in [5, 5.41) is 87.2. The number of aliphatic hydroxyl groups excluding tert-OH is 4. The second-order valence-corrected chi connectivity index (χ2v) is 18.9. The molecule has 0 bridgehead atoms. The molecule has 21 N–H and O–H groups in total. The molecule has 9 amide bonds. The van der Waals surface area contributed by atoms with Crippen LogP contribution in [0.25, 0.3) is 0 Å². The van der Waals surface area contributed by atoms with Crippen molar-refractivity contribution in [3.05, 3.63) is 0 Å². The summed E-state index contributed by atoms with van der Waals surface area (Å²) in [5.41, 5.74) is 16.2. The molecule has 0 aliphatic carbocycles. The molecular formula is C45H77N13O19. The van der Waals surface area contributed by atoms with E-state index in [1.807, 2.05) is 0 Å². The Morgan fingerprint density at radius 3 is 1.55 bits per heavy atom. The molecule has 0 aromatic heterocycles. The van der Waals surface area contributed by atoms with Crippen LogP contribution in [0.5, 0.6) is 0 Å². The average molecular weight is 1110 g/mol. The van der Waals surface area contributed by atoms with Gasteiger partial charge in [-0.3, -0.25) is 57.7 Å². The molecule has 1 fully saturated rings. The molecule has 1 heterocycles. The van der Waals surface area contributed by atoms with Crippen LogP contribution in [-0.4, -0.2) is 216 Å². The van der Waals surface area contributed by atoms with Gasteiger partial charge in [-0.1, -0.05) is 13.8 Å². The van der Waals surface area contributed by atoms with Crippen molar-refractivity contribution in [3.63, 3.8) is 0 Å². The van der Waals surface area contributed by atoms with Crippen LogP contribution in [0.15, 0.2) is 4.99 Å². The van der Waals surface area contributed by atoms with Crippen molar-refractivity contribution >= 4 is 77.0 Å². The Balaban J connectivity index is 3.25. The maximum Gasteiger partial charge on any atom is 0.326 e. The predicted molar refractivity (Wildman–Crippen MR) is 267 cm³/mol. The van der Waals surface area contributed by atoms with Crippen LogP contribution in [0.2, 0.25) is 0 Å². The Bertz CT molecular complexity index is 2120. The van der Waals surface area contributed by atoms with Gasteiger partial charge in [0.05, 0.1) is 24.9 Å².